The molecule has 0 spiro atoms. The third-order valence-corrected chi connectivity index (χ3v) is 3.76. The molecule has 0 N–H and O–H groups in total. The van der Waals surface area contributed by atoms with Crippen molar-refractivity contribution in [1.82, 2.24) is 9.97 Å². The van der Waals surface area contributed by atoms with E-state index in [0.29, 0.717) is 0 Å². The molecule has 0 saturated heterocycles. The van der Waals surface area contributed by atoms with Gasteiger partial charge in [-0.2, -0.15) is 0 Å². The molecule has 0 amide bonds. The highest BCUT2D eigenvalue weighted by atomic mass is 79.9. The van der Waals surface area contributed by atoms with E-state index in [9.17, 15) is 0 Å². The normalized spacial score (nSPS) is 10.4. The molecule has 0 fully saturated rings. The second-order valence-corrected chi connectivity index (χ2v) is 5.93. The van der Waals surface area contributed by atoms with E-state index >= 15 is 0 Å². The van der Waals surface area contributed by atoms with Crippen LogP contribution in [0.1, 0.15) is 0 Å². The summed E-state index contributed by atoms with van der Waals surface area (Å²) in [4.78, 5) is 11.1. The highest BCUT2D eigenvalue weighted by molar-refractivity contribution is 9.10. The van der Waals surface area contributed by atoms with Gasteiger partial charge in [-0.3, -0.25) is 4.90 Å². The average molecular weight is 405 g/mol. The summed E-state index contributed by atoms with van der Waals surface area (Å²) in [5, 5.41) is 0. The van der Waals surface area contributed by atoms with Crippen LogP contribution < -0.4 is 4.90 Å². The molecule has 5 heteroatoms. The van der Waals surface area contributed by atoms with E-state index in [0.717, 1.165) is 26.5 Å². The number of para-hydroxylation sites is 1. The van der Waals surface area contributed by atoms with E-state index in [-0.39, 0.29) is 0 Å². The van der Waals surface area contributed by atoms with Crippen molar-refractivity contribution in [3.8, 4) is 0 Å². The minimum absolute atomic E-state index is 0.788. The van der Waals surface area contributed by atoms with Gasteiger partial charge in [0.05, 0.1) is 0 Å². The van der Waals surface area contributed by atoms with E-state index in [1.165, 1.54) is 0 Å². The lowest BCUT2D eigenvalue weighted by atomic mass is 10.2. The quantitative estimate of drug-likeness (QED) is 0.542. The number of anilines is 3. The van der Waals surface area contributed by atoms with Crippen LogP contribution in [0.5, 0.6) is 0 Å². The Morgan fingerprint density at radius 2 is 1.14 bits per heavy atom. The maximum atomic E-state index is 4.54. The summed E-state index contributed by atoms with van der Waals surface area (Å²) in [7, 11) is 0. The van der Waals surface area contributed by atoms with Gasteiger partial charge in [0.25, 0.3) is 0 Å². The molecule has 0 bridgehead atoms. The summed E-state index contributed by atoms with van der Waals surface area (Å²) in [5.74, 6) is 1.61. The summed E-state index contributed by atoms with van der Waals surface area (Å²) in [6, 6.07) is 21.7. The predicted molar refractivity (Wildman–Crippen MR) is 92.1 cm³/mol. The topological polar surface area (TPSA) is 29.0 Å². The van der Waals surface area contributed by atoms with Crippen molar-refractivity contribution in [2.75, 3.05) is 4.90 Å². The lowest BCUT2D eigenvalue weighted by molar-refractivity contribution is 1.10. The van der Waals surface area contributed by atoms with E-state index in [1.807, 2.05) is 71.6 Å². The average Bonchev–Trinajstić information content (AvgIpc) is 2.49. The van der Waals surface area contributed by atoms with Gasteiger partial charge >= 0.3 is 0 Å². The molecule has 0 unspecified atom stereocenters. The molecule has 2 heterocycles. The molecule has 0 atom stereocenters. The number of pyridine rings is 2. The molecule has 2 aromatic heterocycles. The number of aromatic nitrogens is 2. The van der Waals surface area contributed by atoms with E-state index < -0.39 is 0 Å². The van der Waals surface area contributed by atoms with Gasteiger partial charge in [0.1, 0.15) is 20.8 Å². The Balaban J connectivity index is 2.16. The van der Waals surface area contributed by atoms with Gasteiger partial charge in [0.2, 0.25) is 0 Å². The van der Waals surface area contributed by atoms with Crippen LogP contribution in [0.4, 0.5) is 17.3 Å². The summed E-state index contributed by atoms with van der Waals surface area (Å²) < 4.78 is 1.58. The first-order valence-corrected chi connectivity index (χ1v) is 7.93. The minimum atomic E-state index is 0.788. The van der Waals surface area contributed by atoms with Crippen LogP contribution in [-0.4, -0.2) is 9.97 Å². The Morgan fingerprint density at radius 3 is 1.62 bits per heavy atom. The van der Waals surface area contributed by atoms with Crippen LogP contribution >= 0.6 is 31.9 Å². The molecule has 3 nitrogen and oxygen atoms in total. The van der Waals surface area contributed by atoms with Crippen LogP contribution in [0.2, 0.25) is 0 Å². The molecule has 104 valence electrons. The van der Waals surface area contributed by atoms with Crippen molar-refractivity contribution in [3.05, 3.63) is 75.9 Å². The Morgan fingerprint density at radius 1 is 0.619 bits per heavy atom. The number of halogens is 2. The molecule has 0 aliphatic heterocycles. The largest absolute Gasteiger partial charge is 0.279 e. The Labute approximate surface area is 139 Å². The molecule has 0 aliphatic rings. The second-order valence-electron chi connectivity index (χ2n) is 4.31. The molecule has 21 heavy (non-hydrogen) atoms. The summed E-state index contributed by atoms with van der Waals surface area (Å²) in [5.41, 5.74) is 1.01. The molecule has 0 saturated carbocycles. The van der Waals surface area contributed by atoms with Crippen LogP contribution in [-0.2, 0) is 0 Å². The molecular weight excluding hydrogens is 394 g/mol. The molecule has 1 aromatic carbocycles. The predicted octanol–water partition coefficient (Wildman–Crippen LogP) is 5.47. The third-order valence-electron chi connectivity index (χ3n) is 2.87. The van der Waals surface area contributed by atoms with Gasteiger partial charge in [0, 0.05) is 5.69 Å². The molecule has 3 rings (SSSR count). The van der Waals surface area contributed by atoms with Crippen molar-refractivity contribution in [1.29, 1.82) is 0 Å². The van der Waals surface area contributed by atoms with E-state index in [4.69, 9.17) is 0 Å². The van der Waals surface area contributed by atoms with Crippen LogP contribution in [0.25, 0.3) is 0 Å². The van der Waals surface area contributed by atoms with Crippen LogP contribution in [0.3, 0.4) is 0 Å². The van der Waals surface area contributed by atoms with Crippen molar-refractivity contribution in [2.24, 2.45) is 0 Å². The Bertz CT molecular complexity index is 702. The highest BCUT2D eigenvalue weighted by Gasteiger charge is 2.14. The number of hydrogen-bond acceptors (Lipinski definition) is 3. The molecule has 0 radical (unpaired) electrons. The van der Waals surface area contributed by atoms with Gasteiger partial charge in [-0.25, -0.2) is 9.97 Å². The van der Waals surface area contributed by atoms with Crippen LogP contribution in [0.15, 0.2) is 75.9 Å². The smallest absolute Gasteiger partial charge is 0.140 e. The Hall–Kier alpha value is -1.72. The maximum Gasteiger partial charge on any atom is 0.140 e. The maximum absolute atomic E-state index is 4.54. The van der Waals surface area contributed by atoms with Gasteiger partial charge in [0.15, 0.2) is 0 Å². The lowest BCUT2D eigenvalue weighted by Crippen LogP contribution is -2.13. The Kier molecular flexibility index (Phi) is 4.31. The van der Waals surface area contributed by atoms with Gasteiger partial charge in [-0.1, -0.05) is 30.3 Å². The van der Waals surface area contributed by atoms with Crippen molar-refractivity contribution < 1.29 is 0 Å². The third kappa shape index (κ3) is 3.31. The number of rotatable bonds is 3. The molecule has 0 aliphatic carbocycles. The van der Waals surface area contributed by atoms with Gasteiger partial charge < -0.3 is 0 Å². The summed E-state index contributed by atoms with van der Waals surface area (Å²) in [6.07, 6.45) is 0. The zero-order valence-electron chi connectivity index (χ0n) is 10.9. The monoisotopic (exact) mass is 403 g/mol. The van der Waals surface area contributed by atoms with E-state index in [1.54, 1.807) is 0 Å². The highest BCUT2D eigenvalue weighted by Crippen LogP contribution is 2.32. The number of nitrogens with zero attached hydrogens (tertiary/aromatic N) is 3. The van der Waals surface area contributed by atoms with Gasteiger partial charge in [-0.05, 0) is 68.3 Å². The lowest BCUT2D eigenvalue weighted by Gasteiger charge is -2.23. The second kappa shape index (κ2) is 6.37. The first kappa shape index (κ1) is 14.2. The summed E-state index contributed by atoms with van der Waals surface area (Å²) in [6.45, 7) is 0. The first-order valence-electron chi connectivity index (χ1n) is 6.34. The van der Waals surface area contributed by atoms with Crippen molar-refractivity contribution in [3.63, 3.8) is 0 Å². The minimum Gasteiger partial charge on any atom is -0.279 e. The first-order chi connectivity index (χ1) is 10.2. The van der Waals surface area contributed by atoms with E-state index in [2.05, 4.69) is 41.8 Å². The summed E-state index contributed by atoms with van der Waals surface area (Å²) >= 11 is 6.85. The number of benzene rings is 1. The fourth-order valence-corrected chi connectivity index (χ4v) is 2.67. The van der Waals surface area contributed by atoms with Crippen molar-refractivity contribution in [2.45, 2.75) is 0 Å². The fraction of sp³-hybridized carbons (Fsp3) is 0. The number of hydrogen-bond donors (Lipinski definition) is 0. The van der Waals surface area contributed by atoms with Gasteiger partial charge in [-0.15, -0.1) is 0 Å². The zero-order chi connectivity index (χ0) is 14.7. The SMILES string of the molecule is Brc1cccc(N(c2ccccc2)c2cccc(Br)n2)n1. The standard InChI is InChI=1S/C16H11Br2N3/c17-13-8-4-10-15(19-13)21(12-6-2-1-3-7-12)16-11-5-9-14(18)20-16/h1-11H. The van der Waals surface area contributed by atoms with Crippen LogP contribution in [0, 0.1) is 0 Å². The van der Waals surface area contributed by atoms with Crippen molar-refractivity contribution >= 4 is 49.2 Å². The molecular formula is C16H11Br2N3. The fourth-order valence-electron chi connectivity index (χ4n) is 2.00. The molecule has 3 aromatic rings. The zero-order valence-corrected chi connectivity index (χ0v) is 14.1.